The fraction of sp³-hybridized carbons (Fsp3) is 0.562. The van der Waals surface area contributed by atoms with Gasteiger partial charge in [0.1, 0.15) is 0 Å². The number of hydrogen-bond acceptors (Lipinski definition) is 1. The van der Waals surface area contributed by atoms with Crippen LogP contribution in [0, 0.1) is 11.3 Å². The van der Waals surface area contributed by atoms with Gasteiger partial charge in [-0.3, -0.25) is 4.79 Å². The van der Waals surface area contributed by atoms with Crippen LogP contribution < -0.4 is 0 Å². The average Bonchev–Trinajstić information content (AvgIpc) is 2.63. The van der Waals surface area contributed by atoms with Crippen LogP contribution in [0.4, 0.5) is 0 Å². The molecule has 2 atom stereocenters. The normalized spacial score (nSPS) is 30.8. The van der Waals surface area contributed by atoms with Crippen molar-refractivity contribution < 1.29 is 4.79 Å². The maximum absolute atomic E-state index is 12.8. The molecule has 3 rings (SSSR count). The van der Waals surface area contributed by atoms with Crippen LogP contribution in [-0.4, -0.2) is 5.78 Å². The summed E-state index contributed by atoms with van der Waals surface area (Å²) >= 11 is 3.48. The number of ketones is 1. The van der Waals surface area contributed by atoms with Crippen LogP contribution in [-0.2, 0) is 6.42 Å². The third kappa shape index (κ3) is 1.85. The van der Waals surface area contributed by atoms with Crippen molar-refractivity contribution in [1.29, 1.82) is 0 Å². The Morgan fingerprint density at radius 3 is 3.06 bits per heavy atom. The molecule has 2 heteroatoms. The van der Waals surface area contributed by atoms with Gasteiger partial charge in [0.15, 0.2) is 5.78 Å². The van der Waals surface area contributed by atoms with Gasteiger partial charge in [-0.15, -0.1) is 0 Å². The second-order valence-electron chi connectivity index (χ2n) is 5.96. The van der Waals surface area contributed by atoms with Gasteiger partial charge in [0.05, 0.1) is 0 Å². The van der Waals surface area contributed by atoms with E-state index in [1.165, 1.54) is 24.8 Å². The molecule has 1 saturated carbocycles. The molecule has 96 valence electrons. The lowest BCUT2D eigenvalue weighted by Gasteiger charge is -2.36. The van der Waals surface area contributed by atoms with Crippen molar-refractivity contribution in [1.82, 2.24) is 0 Å². The molecular weight excluding hydrogens is 288 g/mol. The molecule has 0 amide bonds. The molecule has 2 aliphatic rings. The highest BCUT2D eigenvalue weighted by Crippen LogP contribution is 2.49. The van der Waals surface area contributed by atoms with Crippen LogP contribution in [0.3, 0.4) is 0 Å². The second-order valence-corrected chi connectivity index (χ2v) is 6.87. The lowest BCUT2D eigenvalue weighted by Crippen LogP contribution is -2.34. The molecule has 0 radical (unpaired) electrons. The predicted molar refractivity (Wildman–Crippen MR) is 76.9 cm³/mol. The third-order valence-electron chi connectivity index (χ3n) is 4.85. The van der Waals surface area contributed by atoms with Crippen molar-refractivity contribution in [3.05, 3.63) is 33.8 Å². The first-order chi connectivity index (χ1) is 8.64. The second kappa shape index (κ2) is 4.48. The Morgan fingerprint density at radius 2 is 2.28 bits per heavy atom. The Balaban J connectivity index is 1.95. The van der Waals surface area contributed by atoms with Crippen LogP contribution in [0.15, 0.2) is 22.7 Å². The Bertz CT molecular complexity index is 494. The topological polar surface area (TPSA) is 17.1 Å². The number of carbonyl (C=O) groups is 1. The van der Waals surface area contributed by atoms with Crippen molar-refractivity contribution in [2.45, 2.75) is 45.4 Å². The fourth-order valence-corrected chi connectivity index (χ4v) is 4.21. The Kier molecular flexibility index (Phi) is 3.09. The first kappa shape index (κ1) is 12.4. The van der Waals surface area contributed by atoms with Gasteiger partial charge in [-0.2, -0.15) is 0 Å². The molecule has 1 aromatic carbocycles. The van der Waals surface area contributed by atoms with E-state index < -0.39 is 0 Å². The number of benzene rings is 1. The predicted octanol–water partition coefficient (Wildman–Crippen LogP) is 4.77. The zero-order valence-corrected chi connectivity index (χ0v) is 12.4. The number of rotatable bonds is 1. The van der Waals surface area contributed by atoms with E-state index in [-0.39, 0.29) is 5.41 Å². The highest BCUT2D eigenvalue weighted by molar-refractivity contribution is 9.10. The maximum Gasteiger partial charge on any atom is 0.169 e. The van der Waals surface area contributed by atoms with Gasteiger partial charge in [0, 0.05) is 15.5 Å². The van der Waals surface area contributed by atoms with Crippen LogP contribution in [0.25, 0.3) is 0 Å². The summed E-state index contributed by atoms with van der Waals surface area (Å²) in [5, 5.41) is 0. The van der Waals surface area contributed by atoms with Gasteiger partial charge < -0.3 is 0 Å². The van der Waals surface area contributed by atoms with E-state index in [0.29, 0.717) is 5.78 Å². The lowest BCUT2D eigenvalue weighted by molar-refractivity contribution is 0.0680. The molecule has 2 aliphatic carbocycles. The van der Waals surface area contributed by atoms with Gasteiger partial charge in [-0.25, -0.2) is 0 Å². The summed E-state index contributed by atoms with van der Waals surface area (Å²) in [5.74, 6) is 1.16. The molecule has 0 heterocycles. The summed E-state index contributed by atoms with van der Waals surface area (Å²) in [6.07, 6.45) is 6.92. The zero-order chi connectivity index (χ0) is 12.8. The van der Waals surface area contributed by atoms with Gasteiger partial charge in [0.25, 0.3) is 0 Å². The van der Waals surface area contributed by atoms with Crippen LogP contribution in [0.2, 0.25) is 0 Å². The van der Waals surface area contributed by atoms with E-state index >= 15 is 0 Å². The summed E-state index contributed by atoms with van der Waals surface area (Å²) in [5.41, 5.74) is 2.18. The van der Waals surface area contributed by atoms with Crippen LogP contribution in [0.1, 0.15) is 54.9 Å². The van der Waals surface area contributed by atoms with Crippen LogP contribution in [0.5, 0.6) is 0 Å². The minimum absolute atomic E-state index is 0.0535. The first-order valence-corrected chi connectivity index (χ1v) is 7.77. The molecule has 1 aromatic rings. The minimum atomic E-state index is -0.0535. The van der Waals surface area contributed by atoms with E-state index in [0.717, 1.165) is 35.2 Å². The molecule has 0 N–H and O–H groups in total. The summed E-state index contributed by atoms with van der Waals surface area (Å²) in [6.45, 7) is 2.26. The highest BCUT2D eigenvalue weighted by Gasteiger charge is 2.47. The first-order valence-electron chi connectivity index (χ1n) is 6.98. The molecule has 0 aromatic heterocycles. The fourth-order valence-electron chi connectivity index (χ4n) is 3.85. The van der Waals surface area contributed by atoms with Crippen molar-refractivity contribution in [3.63, 3.8) is 0 Å². The Labute approximate surface area is 117 Å². The average molecular weight is 307 g/mol. The van der Waals surface area contributed by atoms with Crippen molar-refractivity contribution >= 4 is 21.7 Å². The summed E-state index contributed by atoms with van der Waals surface area (Å²) in [6, 6.07) is 6.20. The van der Waals surface area contributed by atoms with Gasteiger partial charge in [0.2, 0.25) is 0 Å². The standard InChI is InChI=1S/C16H19BrO/c1-2-11-4-3-7-16(9-11)10-12-5-6-13(17)8-14(12)15(16)18/h5-6,8,11H,2-4,7,9-10H2,1H3/t11-,16+/m1/s1. The molecule has 18 heavy (non-hydrogen) atoms. The zero-order valence-electron chi connectivity index (χ0n) is 10.8. The molecule has 0 aliphatic heterocycles. The molecule has 1 spiro atoms. The SMILES string of the molecule is CC[C@@H]1CCC[C@@]2(Cc3ccc(Br)cc3C2=O)C1. The molecule has 1 nitrogen and oxygen atoms in total. The quantitative estimate of drug-likeness (QED) is 0.730. The van der Waals surface area contributed by atoms with Crippen LogP contribution >= 0.6 is 15.9 Å². The molecular formula is C16H19BrO. The van der Waals surface area contributed by atoms with E-state index in [2.05, 4.69) is 35.0 Å². The number of hydrogen-bond donors (Lipinski definition) is 0. The van der Waals surface area contributed by atoms with Crippen molar-refractivity contribution in [3.8, 4) is 0 Å². The number of fused-ring (bicyclic) bond motifs is 1. The molecule has 0 saturated heterocycles. The molecule has 1 fully saturated rings. The van der Waals surface area contributed by atoms with Crippen molar-refractivity contribution in [2.24, 2.45) is 11.3 Å². The summed E-state index contributed by atoms with van der Waals surface area (Å²) < 4.78 is 1.02. The third-order valence-corrected chi connectivity index (χ3v) is 5.34. The smallest absolute Gasteiger partial charge is 0.169 e. The van der Waals surface area contributed by atoms with Gasteiger partial charge in [-0.1, -0.05) is 48.2 Å². The number of carbonyl (C=O) groups excluding carboxylic acids is 1. The highest BCUT2D eigenvalue weighted by atomic mass is 79.9. The monoisotopic (exact) mass is 306 g/mol. The molecule has 0 unspecified atom stereocenters. The lowest BCUT2D eigenvalue weighted by atomic mass is 9.67. The minimum Gasteiger partial charge on any atom is -0.294 e. The molecule has 0 bridgehead atoms. The maximum atomic E-state index is 12.8. The summed E-state index contributed by atoms with van der Waals surface area (Å²) in [7, 11) is 0. The van der Waals surface area contributed by atoms with E-state index in [1.54, 1.807) is 0 Å². The Hall–Kier alpha value is -0.630. The van der Waals surface area contributed by atoms with E-state index in [4.69, 9.17) is 0 Å². The largest absolute Gasteiger partial charge is 0.294 e. The Morgan fingerprint density at radius 1 is 1.44 bits per heavy atom. The van der Waals surface area contributed by atoms with E-state index in [1.807, 2.05) is 6.07 Å². The summed E-state index contributed by atoms with van der Waals surface area (Å²) in [4.78, 5) is 12.8. The van der Waals surface area contributed by atoms with E-state index in [9.17, 15) is 4.79 Å². The number of halogens is 1. The van der Waals surface area contributed by atoms with Crippen molar-refractivity contribution in [2.75, 3.05) is 0 Å². The van der Waals surface area contributed by atoms with Gasteiger partial charge >= 0.3 is 0 Å². The van der Waals surface area contributed by atoms with Gasteiger partial charge in [-0.05, 0) is 42.9 Å². The number of Topliss-reactive ketones (excluding diaryl/α,β-unsaturated/α-hetero) is 1.